The van der Waals surface area contributed by atoms with Crippen molar-refractivity contribution < 1.29 is 17.9 Å². The fourth-order valence-corrected chi connectivity index (χ4v) is 3.59. The van der Waals surface area contributed by atoms with Gasteiger partial charge in [-0.25, -0.2) is 0 Å². The van der Waals surface area contributed by atoms with E-state index in [9.17, 15) is 13.2 Å². The smallest absolute Gasteiger partial charge is 0.416 e. The van der Waals surface area contributed by atoms with Gasteiger partial charge in [-0.1, -0.05) is 23.7 Å². The van der Waals surface area contributed by atoms with Gasteiger partial charge in [-0.15, -0.1) is 0 Å². The predicted molar refractivity (Wildman–Crippen MR) is 100 cm³/mol. The first-order chi connectivity index (χ1) is 12.9. The Bertz CT molecular complexity index is 759. The van der Waals surface area contributed by atoms with Crippen LogP contribution in [0.5, 0.6) is 5.75 Å². The molecule has 2 aromatic carbocycles. The molecule has 1 aliphatic heterocycles. The molecule has 1 N–H and O–H groups in total. The van der Waals surface area contributed by atoms with Crippen molar-refractivity contribution in [3.63, 3.8) is 0 Å². The predicted octanol–water partition coefficient (Wildman–Crippen LogP) is 4.75. The van der Waals surface area contributed by atoms with E-state index in [0.717, 1.165) is 43.6 Å². The summed E-state index contributed by atoms with van der Waals surface area (Å²) in [5.41, 5.74) is 0.673. The molecule has 1 fully saturated rings. The van der Waals surface area contributed by atoms with E-state index in [2.05, 4.69) is 10.2 Å². The van der Waals surface area contributed by atoms with Gasteiger partial charge in [-0.05, 0) is 48.4 Å². The summed E-state index contributed by atoms with van der Waals surface area (Å²) < 4.78 is 45.3. The minimum atomic E-state index is -4.41. The standard InChI is InChI=1S/C20H22ClF3N2O/c1-2-27-16-6-3-14(4-7-16)19(26-11-9-25-10-12-26)17-13-15(20(22,23)24)5-8-18(17)21/h3-8,13,19,25H,2,9-12H2,1H3. The zero-order chi connectivity index (χ0) is 19.4. The van der Waals surface area contributed by atoms with Crippen LogP contribution in [0.1, 0.15) is 29.7 Å². The van der Waals surface area contributed by atoms with Gasteiger partial charge < -0.3 is 10.1 Å². The van der Waals surface area contributed by atoms with Crippen LogP contribution in [-0.2, 0) is 6.18 Å². The molecule has 3 rings (SSSR count). The molecule has 0 bridgehead atoms. The van der Waals surface area contributed by atoms with Gasteiger partial charge in [0.15, 0.2) is 0 Å². The van der Waals surface area contributed by atoms with E-state index in [1.54, 1.807) is 0 Å². The monoisotopic (exact) mass is 398 g/mol. The van der Waals surface area contributed by atoms with Crippen LogP contribution in [-0.4, -0.2) is 37.7 Å². The minimum absolute atomic E-state index is 0.334. The van der Waals surface area contributed by atoms with Crippen LogP contribution >= 0.6 is 11.6 Å². The average Bonchev–Trinajstić information content (AvgIpc) is 2.65. The zero-order valence-electron chi connectivity index (χ0n) is 15.0. The third-order valence-corrected chi connectivity index (χ3v) is 4.99. The molecule has 1 saturated heterocycles. The lowest BCUT2D eigenvalue weighted by Gasteiger charge is -2.36. The first-order valence-corrected chi connectivity index (χ1v) is 9.32. The maximum atomic E-state index is 13.3. The summed E-state index contributed by atoms with van der Waals surface area (Å²) in [4.78, 5) is 2.16. The molecule has 1 unspecified atom stereocenters. The summed E-state index contributed by atoms with van der Waals surface area (Å²) in [5.74, 6) is 0.732. The van der Waals surface area contributed by atoms with Crippen LogP contribution in [0.15, 0.2) is 42.5 Å². The Hall–Kier alpha value is -1.76. The Balaban J connectivity index is 2.04. The molecule has 0 saturated carbocycles. The summed E-state index contributed by atoms with van der Waals surface area (Å²) >= 11 is 6.36. The van der Waals surface area contributed by atoms with Gasteiger partial charge in [-0.3, -0.25) is 4.90 Å². The number of nitrogens with one attached hydrogen (secondary N) is 1. The summed E-state index contributed by atoms with van der Waals surface area (Å²) in [5, 5.41) is 3.61. The number of alkyl halides is 3. The molecule has 1 aliphatic rings. The van der Waals surface area contributed by atoms with Gasteiger partial charge in [0.25, 0.3) is 0 Å². The van der Waals surface area contributed by atoms with Gasteiger partial charge in [-0.2, -0.15) is 13.2 Å². The van der Waals surface area contributed by atoms with E-state index in [4.69, 9.17) is 16.3 Å². The molecule has 0 aliphatic carbocycles. The molecule has 0 aromatic heterocycles. The van der Waals surface area contributed by atoms with Crippen LogP contribution in [0.3, 0.4) is 0 Å². The van der Waals surface area contributed by atoms with Crippen molar-refractivity contribution in [3.05, 3.63) is 64.2 Å². The molecule has 0 amide bonds. The highest BCUT2D eigenvalue weighted by atomic mass is 35.5. The minimum Gasteiger partial charge on any atom is -0.494 e. The van der Waals surface area contributed by atoms with Gasteiger partial charge in [0.2, 0.25) is 0 Å². The summed E-state index contributed by atoms with van der Waals surface area (Å²) in [6.07, 6.45) is -4.41. The number of hydrogen-bond donors (Lipinski definition) is 1. The number of hydrogen-bond acceptors (Lipinski definition) is 3. The van der Waals surface area contributed by atoms with Gasteiger partial charge in [0.1, 0.15) is 5.75 Å². The third kappa shape index (κ3) is 4.75. The first kappa shape index (κ1) is 20.0. The first-order valence-electron chi connectivity index (χ1n) is 8.94. The molecule has 3 nitrogen and oxygen atoms in total. The van der Waals surface area contributed by atoms with E-state index in [0.29, 0.717) is 17.2 Å². The highest BCUT2D eigenvalue weighted by molar-refractivity contribution is 6.31. The lowest BCUT2D eigenvalue weighted by Crippen LogP contribution is -2.45. The van der Waals surface area contributed by atoms with E-state index < -0.39 is 11.7 Å². The van der Waals surface area contributed by atoms with Crippen molar-refractivity contribution in [2.24, 2.45) is 0 Å². The molecule has 1 heterocycles. The second kappa shape index (κ2) is 8.50. The van der Waals surface area contributed by atoms with Crippen molar-refractivity contribution in [3.8, 4) is 5.75 Å². The number of rotatable bonds is 5. The molecule has 27 heavy (non-hydrogen) atoms. The molecule has 7 heteroatoms. The Morgan fingerprint density at radius 2 is 1.78 bits per heavy atom. The Kier molecular flexibility index (Phi) is 6.29. The highest BCUT2D eigenvalue weighted by Gasteiger charge is 2.33. The van der Waals surface area contributed by atoms with Crippen molar-refractivity contribution in [1.82, 2.24) is 10.2 Å². The van der Waals surface area contributed by atoms with E-state index in [1.165, 1.54) is 12.1 Å². The van der Waals surface area contributed by atoms with Crippen molar-refractivity contribution >= 4 is 11.6 Å². The number of ether oxygens (including phenoxy) is 1. The summed E-state index contributed by atoms with van der Waals surface area (Å²) in [6.45, 7) is 5.48. The lowest BCUT2D eigenvalue weighted by molar-refractivity contribution is -0.137. The Morgan fingerprint density at radius 3 is 2.37 bits per heavy atom. The lowest BCUT2D eigenvalue weighted by atomic mass is 9.94. The van der Waals surface area contributed by atoms with Crippen molar-refractivity contribution in [2.45, 2.75) is 19.1 Å². The Morgan fingerprint density at radius 1 is 1.11 bits per heavy atom. The fourth-order valence-electron chi connectivity index (χ4n) is 3.37. The maximum Gasteiger partial charge on any atom is 0.416 e. The van der Waals surface area contributed by atoms with Crippen LogP contribution in [0.25, 0.3) is 0 Å². The SMILES string of the molecule is CCOc1ccc(C(c2cc(C(F)(F)F)ccc2Cl)N2CCNCC2)cc1. The second-order valence-electron chi connectivity index (χ2n) is 6.42. The van der Waals surface area contributed by atoms with Crippen molar-refractivity contribution in [1.29, 1.82) is 0 Å². The van der Waals surface area contributed by atoms with Crippen LogP contribution in [0, 0.1) is 0 Å². The van der Waals surface area contributed by atoms with Crippen LogP contribution in [0.4, 0.5) is 13.2 Å². The average molecular weight is 399 g/mol. The molecule has 146 valence electrons. The quantitative estimate of drug-likeness (QED) is 0.786. The largest absolute Gasteiger partial charge is 0.494 e. The zero-order valence-corrected chi connectivity index (χ0v) is 15.8. The molecule has 1 atom stereocenters. The summed E-state index contributed by atoms with van der Waals surface area (Å²) in [7, 11) is 0. The fraction of sp³-hybridized carbons (Fsp3) is 0.400. The normalized spacial score (nSPS) is 16.9. The molecule has 0 radical (unpaired) electrons. The molecular weight excluding hydrogens is 377 g/mol. The van der Waals surface area contributed by atoms with Crippen molar-refractivity contribution in [2.75, 3.05) is 32.8 Å². The number of nitrogens with zero attached hydrogens (tertiary/aromatic N) is 1. The molecular formula is C20H22ClF3N2O. The Labute approximate surface area is 162 Å². The third-order valence-electron chi connectivity index (χ3n) is 4.64. The van der Waals surface area contributed by atoms with E-state index in [-0.39, 0.29) is 6.04 Å². The summed E-state index contributed by atoms with van der Waals surface area (Å²) in [6, 6.07) is 10.7. The topological polar surface area (TPSA) is 24.5 Å². The second-order valence-corrected chi connectivity index (χ2v) is 6.83. The van der Waals surface area contributed by atoms with Gasteiger partial charge >= 0.3 is 6.18 Å². The van der Waals surface area contributed by atoms with Crippen LogP contribution in [0.2, 0.25) is 5.02 Å². The van der Waals surface area contributed by atoms with E-state index in [1.807, 2.05) is 31.2 Å². The number of benzene rings is 2. The van der Waals surface area contributed by atoms with Crippen LogP contribution < -0.4 is 10.1 Å². The van der Waals surface area contributed by atoms with Gasteiger partial charge in [0, 0.05) is 31.2 Å². The highest BCUT2D eigenvalue weighted by Crippen LogP contribution is 2.38. The molecule has 2 aromatic rings. The van der Waals surface area contributed by atoms with E-state index >= 15 is 0 Å². The molecule has 0 spiro atoms. The maximum absolute atomic E-state index is 13.3. The number of halogens is 4. The van der Waals surface area contributed by atoms with Gasteiger partial charge in [0.05, 0.1) is 18.2 Å². The number of piperazine rings is 1.